The van der Waals surface area contributed by atoms with Crippen molar-refractivity contribution in [2.24, 2.45) is 13.0 Å². The van der Waals surface area contributed by atoms with Crippen LogP contribution in [0.25, 0.3) is 11.3 Å². The molecule has 1 fully saturated rings. The first-order valence-corrected chi connectivity index (χ1v) is 11.6. The van der Waals surface area contributed by atoms with Crippen LogP contribution in [-0.4, -0.2) is 65.3 Å². The van der Waals surface area contributed by atoms with Gasteiger partial charge in [-0.15, -0.1) is 0 Å². The van der Waals surface area contributed by atoms with Gasteiger partial charge in [-0.05, 0) is 37.0 Å². The molecular weight excluding hydrogens is 536 g/mol. The number of aromatic nitrogens is 4. The van der Waals surface area contributed by atoms with Crippen LogP contribution in [0.1, 0.15) is 29.8 Å². The molecule has 0 bridgehead atoms. The number of hydrogen-bond acceptors (Lipinski definition) is 5. The lowest BCUT2D eigenvalue weighted by Crippen LogP contribution is -2.25. The highest BCUT2D eigenvalue weighted by atomic mass is 19.4. The molecular formula is C24H25F6N5O4. The van der Waals surface area contributed by atoms with Gasteiger partial charge in [0.2, 0.25) is 0 Å². The Morgan fingerprint density at radius 1 is 1.00 bits per heavy atom. The summed E-state index contributed by atoms with van der Waals surface area (Å²) >= 11 is 0. The number of hydrogen-bond donors (Lipinski definition) is 2. The van der Waals surface area contributed by atoms with Crippen LogP contribution in [0, 0.1) is 5.92 Å². The highest BCUT2D eigenvalue weighted by Gasteiger charge is 2.39. The Hall–Kier alpha value is -3.88. The molecule has 3 aromatic heterocycles. The fourth-order valence-corrected chi connectivity index (χ4v) is 3.82. The van der Waals surface area contributed by atoms with Crippen molar-refractivity contribution in [2.45, 2.75) is 44.8 Å². The molecule has 0 amide bonds. The Bertz CT molecular complexity index is 1260. The fourth-order valence-electron chi connectivity index (χ4n) is 3.82. The zero-order chi connectivity index (χ0) is 29.0. The van der Waals surface area contributed by atoms with Crippen LogP contribution in [-0.2, 0) is 36.3 Å². The third kappa shape index (κ3) is 8.56. The summed E-state index contributed by atoms with van der Waals surface area (Å²) in [5.41, 5.74) is 6.19. The van der Waals surface area contributed by atoms with Crippen LogP contribution in [0.5, 0.6) is 0 Å². The molecule has 1 saturated carbocycles. The maximum absolute atomic E-state index is 10.6. The monoisotopic (exact) mass is 561 g/mol. The van der Waals surface area contributed by atoms with E-state index in [1.165, 1.54) is 36.2 Å². The molecule has 39 heavy (non-hydrogen) atoms. The normalized spacial score (nSPS) is 15.1. The van der Waals surface area contributed by atoms with E-state index in [4.69, 9.17) is 24.9 Å². The lowest BCUT2D eigenvalue weighted by Gasteiger charge is -2.20. The molecule has 212 valence electrons. The highest BCUT2D eigenvalue weighted by Crippen LogP contribution is 2.35. The molecule has 4 heterocycles. The number of rotatable bonds is 4. The molecule has 0 atom stereocenters. The predicted molar refractivity (Wildman–Crippen MR) is 124 cm³/mol. The summed E-state index contributed by atoms with van der Waals surface area (Å²) in [7, 11) is 2.14. The second-order valence-electron chi connectivity index (χ2n) is 9.03. The Kier molecular flexibility index (Phi) is 9.04. The number of alkyl halides is 6. The zero-order valence-electron chi connectivity index (χ0n) is 20.6. The van der Waals surface area contributed by atoms with Crippen molar-refractivity contribution >= 4 is 11.9 Å². The Labute approximate surface area is 218 Å². The summed E-state index contributed by atoms with van der Waals surface area (Å²) in [6.45, 7) is 3.93. The summed E-state index contributed by atoms with van der Waals surface area (Å²) in [5.74, 6) is -4.62. The number of aryl methyl sites for hydroxylation is 1. The maximum Gasteiger partial charge on any atom is 0.490 e. The first kappa shape index (κ1) is 29.7. The van der Waals surface area contributed by atoms with Gasteiger partial charge >= 0.3 is 24.3 Å². The Morgan fingerprint density at radius 3 is 2.13 bits per heavy atom. The van der Waals surface area contributed by atoms with Crippen molar-refractivity contribution in [1.82, 2.24) is 24.2 Å². The van der Waals surface area contributed by atoms with Crippen molar-refractivity contribution in [3.05, 3.63) is 59.8 Å². The van der Waals surface area contributed by atoms with E-state index in [1.54, 1.807) is 0 Å². The number of carbonyl (C=O) groups is 2. The standard InChI is InChI=1S/C20H23N5.2C2HF3O2/c1-23-9-7-18-19(23)14-24(10-15-5-6-15)11-16-12-25(22-20(16)18)13-17-4-2-3-8-21-17;2*3-2(4,5)1(6)7/h2-4,7-9,12,15H,5-6,10-11,13-14H2,1H3;2*(H,6,7). The van der Waals surface area contributed by atoms with E-state index in [1.807, 2.05) is 23.0 Å². The Morgan fingerprint density at radius 2 is 1.62 bits per heavy atom. The van der Waals surface area contributed by atoms with Gasteiger partial charge in [0.15, 0.2) is 0 Å². The smallest absolute Gasteiger partial charge is 0.475 e. The molecule has 15 heteroatoms. The van der Waals surface area contributed by atoms with Crippen molar-refractivity contribution in [2.75, 3.05) is 6.54 Å². The number of pyridine rings is 1. The van der Waals surface area contributed by atoms with Gasteiger partial charge in [-0.2, -0.15) is 31.4 Å². The van der Waals surface area contributed by atoms with Crippen LogP contribution < -0.4 is 0 Å². The summed E-state index contributed by atoms with van der Waals surface area (Å²) in [6, 6.07) is 8.25. The number of aliphatic carboxylic acids is 2. The zero-order valence-corrected chi connectivity index (χ0v) is 20.6. The quantitative estimate of drug-likeness (QED) is 0.456. The highest BCUT2D eigenvalue weighted by molar-refractivity contribution is 5.73. The second kappa shape index (κ2) is 11.9. The number of fused-ring (bicyclic) bond motifs is 3. The van der Waals surface area contributed by atoms with Gasteiger partial charge in [-0.25, -0.2) is 9.59 Å². The van der Waals surface area contributed by atoms with Crippen molar-refractivity contribution in [3.8, 4) is 11.3 Å². The van der Waals surface area contributed by atoms with Gasteiger partial charge in [0.1, 0.15) is 0 Å². The van der Waals surface area contributed by atoms with Gasteiger partial charge < -0.3 is 14.8 Å². The molecule has 1 aliphatic heterocycles. The maximum atomic E-state index is 10.6. The van der Waals surface area contributed by atoms with Crippen LogP contribution in [0.2, 0.25) is 0 Å². The third-order valence-corrected chi connectivity index (χ3v) is 5.81. The van der Waals surface area contributed by atoms with E-state index >= 15 is 0 Å². The number of halogens is 6. The van der Waals surface area contributed by atoms with Crippen LogP contribution in [0.15, 0.2) is 42.9 Å². The largest absolute Gasteiger partial charge is 0.490 e. The van der Waals surface area contributed by atoms with Crippen LogP contribution in [0.4, 0.5) is 26.3 Å². The lowest BCUT2D eigenvalue weighted by molar-refractivity contribution is -0.193. The molecule has 0 aromatic carbocycles. The molecule has 0 unspecified atom stereocenters. The molecule has 5 rings (SSSR count). The van der Waals surface area contributed by atoms with Crippen LogP contribution in [0.3, 0.4) is 0 Å². The molecule has 1 aliphatic carbocycles. The van der Waals surface area contributed by atoms with Gasteiger partial charge in [0.25, 0.3) is 0 Å². The Balaban J connectivity index is 0.000000251. The number of nitrogens with zero attached hydrogens (tertiary/aromatic N) is 5. The van der Waals surface area contributed by atoms with Gasteiger partial charge in [-0.1, -0.05) is 6.07 Å². The first-order valence-electron chi connectivity index (χ1n) is 11.6. The van der Waals surface area contributed by atoms with Crippen LogP contribution >= 0.6 is 0 Å². The molecule has 2 N–H and O–H groups in total. The molecule has 0 spiro atoms. The van der Waals surface area contributed by atoms with Gasteiger partial charge in [0, 0.05) is 62.1 Å². The van der Waals surface area contributed by atoms with E-state index in [0.29, 0.717) is 0 Å². The minimum atomic E-state index is -5.08. The number of carboxylic acid groups (broad SMARTS) is 2. The molecule has 3 aromatic rings. The van der Waals surface area contributed by atoms with E-state index in [-0.39, 0.29) is 0 Å². The summed E-state index contributed by atoms with van der Waals surface area (Å²) in [4.78, 5) is 24.8. The van der Waals surface area contributed by atoms with Crippen molar-refractivity contribution in [1.29, 1.82) is 0 Å². The number of carboxylic acids is 2. The predicted octanol–water partition coefficient (Wildman–Crippen LogP) is 4.32. The van der Waals surface area contributed by atoms with E-state index < -0.39 is 24.3 Å². The third-order valence-electron chi connectivity index (χ3n) is 5.81. The molecule has 2 aliphatic rings. The minimum absolute atomic E-state index is 0.721. The second-order valence-corrected chi connectivity index (χ2v) is 9.03. The average Bonchev–Trinajstić information content (AvgIpc) is 3.50. The lowest BCUT2D eigenvalue weighted by atomic mass is 10.1. The average molecular weight is 561 g/mol. The van der Waals surface area contributed by atoms with Crippen molar-refractivity contribution in [3.63, 3.8) is 0 Å². The summed E-state index contributed by atoms with van der Waals surface area (Å²) < 4.78 is 67.8. The minimum Gasteiger partial charge on any atom is -0.475 e. The van der Waals surface area contributed by atoms with Gasteiger partial charge in [0.05, 0.1) is 17.9 Å². The summed E-state index contributed by atoms with van der Waals surface area (Å²) in [5, 5.41) is 19.2. The molecule has 0 radical (unpaired) electrons. The van der Waals surface area contributed by atoms with E-state index in [9.17, 15) is 26.3 Å². The first-order chi connectivity index (χ1) is 18.1. The fraction of sp³-hybridized carbons (Fsp3) is 0.417. The van der Waals surface area contributed by atoms with Crippen molar-refractivity contribution < 1.29 is 46.1 Å². The summed E-state index contributed by atoms with van der Waals surface area (Å²) in [6.07, 6.45) is -1.17. The topological polar surface area (TPSA) is 113 Å². The van der Waals surface area contributed by atoms with Gasteiger partial charge in [-0.3, -0.25) is 14.6 Å². The SMILES string of the molecule is Cn1ccc2c1CN(CC1CC1)Cc1cn(Cc3ccccn3)nc1-2.O=C(O)C(F)(F)F.O=C(O)C(F)(F)F. The van der Waals surface area contributed by atoms with E-state index in [2.05, 4.69) is 46.0 Å². The molecule has 9 nitrogen and oxygen atoms in total. The van der Waals surface area contributed by atoms with E-state index in [0.717, 1.165) is 36.9 Å². The molecule has 0 saturated heterocycles.